The quantitative estimate of drug-likeness (QED) is 0.508. The first-order chi connectivity index (χ1) is 13.2. The molecule has 3 rings (SSSR count). The van der Waals surface area contributed by atoms with E-state index >= 15 is 0 Å². The van der Waals surface area contributed by atoms with Crippen molar-refractivity contribution in [2.24, 2.45) is 23.7 Å². The Bertz CT molecular complexity index is 681. The lowest BCUT2D eigenvalue weighted by Crippen LogP contribution is -2.35. The largest absolute Gasteiger partial charge is 0.465 e. The molecule has 144 valence electrons. The standard InChI is InChI=1S/C24H30O3/c1-2-27-24(26)22(17-18-9-5-3-6-10-18)23(25)21-15-13-20(14-16-21)19-11-7-4-8-12-19/h3-11,19-22H,2,12-17H2,1H3. The van der Waals surface area contributed by atoms with Gasteiger partial charge in [-0.3, -0.25) is 9.59 Å². The Labute approximate surface area is 162 Å². The minimum atomic E-state index is -0.675. The molecule has 0 aliphatic heterocycles. The topological polar surface area (TPSA) is 43.4 Å². The molecular formula is C24H30O3. The first kappa shape index (κ1) is 19.6. The van der Waals surface area contributed by atoms with Gasteiger partial charge in [-0.25, -0.2) is 0 Å². The van der Waals surface area contributed by atoms with Crippen molar-refractivity contribution in [1.82, 2.24) is 0 Å². The van der Waals surface area contributed by atoms with E-state index in [1.54, 1.807) is 6.92 Å². The van der Waals surface area contributed by atoms with Gasteiger partial charge >= 0.3 is 5.97 Å². The number of rotatable bonds is 7. The zero-order valence-electron chi connectivity index (χ0n) is 16.2. The Balaban J connectivity index is 1.62. The minimum absolute atomic E-state index is 0.0116. The molecule has 1 aromatic rings. The van der Waals surface area contributed by atoms with E-state index in [4.69, 9.17) is 4.74 Å². The molecule has 1 fully saturated rings. The predicted octanol–water partition coefficient (Wildman–Crippen LogP) is 4.92. The third-order valence-corrected chi connectivity index (χ3v) is 5.99. The number of allylic oxidation sites excluding steroid dienone is 4. The normalized spacial score (nSPS) is 25.7. The number of carbonyl (C=O) groups is 2. The lowest BCUT2D eigenvalue weighted by Gasteiger charge is -2.33. The SMILES string of the molecule is CCOC(=O)C(Cc1ccccc1)C(=O)C1CCC(C2C=CC=CC2)CC1. The molecule has 2 aliphatic carbocycles. The minimum Gasteiger partial charge on any atom is -0.465 e. The molecule has 0 heterocycles. The maximum absolute atomic E-state index is 13.2. The fourth-order valence-electron chi connectivity index (χ4n) is 4.46. The van der Waals surface area contributed by atoms with Gasteiger partial charge in [0.2, 0.25) is 0 Å². The van der Waals surface area contributed by atoms with Gasteiger partial charge in [-0.15, -0.1) is 0 Å². The zero-order valence-corrected chi connectivity index (χ0v) is 16.2. The fraction of sp³-hybridized carbons (Fsp3) is 0.500. The first-order valence-corrected chi connectivity index (χ1v) is 10.3. The Hall–Kier alpha value is -2.16. The van der Waals surface area contributed by atoms with Crippen molar-refractivity contribution < 1.29 is 14.3 Å². The van der Waals surface area contributed by atoms with E-state index in [0.29, 0.717) is 24.9 Å². The number of esters is 1. The fourth-order valence-corrected chi connectivity index (χ4v) is 4.46. The van der Waals surface area contributed by atoms with Gasteiger partial charge in [-0.1, -0.05) is 54.6 Å². The van der Waals surface area contributed by atoms with E-state index in [-0.39, 0.29) is 17.7 Å². The van der Waals surface area contributed by atoms with Crippen molar-refractivity contribution >= 4 is 11.8 Å². The summed E-state index contributed by atoms with van der Waals surface area (Å²) in [7, 11) is 0. The summed E-state index contributed by atoms with van der Waals surface area (Å²) in [4.78, 5) is 25.7. The van der Waals surface area contributed by atoms with Crippen LogP contribution in [-0.2, 0) is 20.7 Å². The lowest BCUT2D eigenvalue weighted by molar-refractivity contribution is -0.153. The summed E-state index contributed by atoms with van der Waals surface area (Å²) in [5.41, 5.74) is 1.01. The van der Waals surface area contributed by atoms with Gasteiger partial charge in [-0.2, -0.15) is 0 Å². The maximum atomic E-state index is 13.2. The Kier molecular flexibility index (Phi) is 7.03. The molecule has 1 saturated carbocycles. The highest BCUT2D eigenvalue weighted by Crippen LogP contribution is 2.38. The molecule has 0 bridgehead atoms. The monoisotopic (exact) mass is 366 g/mol. The summed E-state index contributed by atoms with van der Waals surface area (Å²) in [6.07, 6.45) is 14.3. The number of ether oxygens (including phenoxy) is 1. The van der Waals surface area contributed by atoms with Crippen LogP contribution in [0.2, 0.25) is 0 Å². The van der Waals surface area contributed by atoms with Crippen LogP contribution in [0.25, 0.3) is 0 Å². The molecular weight excluding hydrogens is 336 g/mol. The van der Waals surface area contributed by atoms with E-state index in [9.17, 15) is 9.59 Å². The van der Waals surface area contributed by atoms with Crippen molar-refractivity contribution in [2.75, 3.05) is 6.61 Å². The first-order valence-electron chi connectivity index (χ1n) is 10.3. The molecule has 27 heavy (non-hydrogen) atoms. The third kappa shape index (κ3) is 5.18. The highest BCUT2D eigenvalue weighted by atomic mass is 16.5. The Morgan fingerprint density at radius 3 is 2.44 bits per heavy atom. The van der Waals surface area contributed by atoms with Crippen molar-refractivity contribution in [2.45, 2.75) is 45.4 Å². The second kappa shape index (κ2) is 9.68. The van der Waals surface area contributed by atoms with Crippen molar-refractivity contribution in [3.63, 3.8) is 0 Å². The predicted molar refractivity (Wildman–Crippen MR) is 107 cm³/mol. The molecule has 2 atom stereocenters. The van der Waals surface area contributed by atoms with Crippen LogP contribution in [0.3, 0.4) is 0 Å². The summed E-state index contributed by atoms with van der Waals surface area (Å²) < 4.78 is 5.23. The zero-order chi connectivity index (χ0) is 19.1. The Morgan fingerprint density at radius 1 is 1.07 bits per heavy atom. The highest BCUT2D eigenvalue weighted by Gasteiger charge is 2.36. The molecule has 3 heteroatoms. The van der Waals surface area contributed by atoms with Gasteiger partial charge < -0.3 is 4.74 Å². The van der Waals surface area contributed by atoms with Crippen molar-refractivity contribution in [3.05, 3.63) is 60.2 Å². The van der Waals surface area contributed by atoms with Gasteiger partial charge in [0.15, 0.2) is 5.78 Å². The summed E-state index contributed by atoms with van der Waals surface area (Å²) in [6, 6.07) is 9.78. The second-order valence-corrected chi connectivity index (χ2v) is 7.72. The van der Waals surface area contributed by atoms with E-state index in [0.717, 1.165) is 37.7 Å². The number of ketones is 1. The average Bonchev–Trinajstić information content (AvgIpc) is 2.73. The van der Waals surface area contributed by atoms with Crippen LogP contribution in [0.15, 0.2) is 54.6 Å². The number of Topliss-reactive ketones (excluding diaryl/α,β-unsaturated/α-hetero) is 1. The van der Waals surface area contributed by atoms with Crippen molar-refractivity contribution in [3.8, 4) is 0 Å². The van der Waals surface area contributed by atoms with Crippen LogP contribution < -0.4 is 0 Å². The summed E-state index contributed by atoms with van der Waals surface area (Å²) in [6.45, 7) is 2.10. The van der Waals surface area contributed by atoms with Crippen LogP contribution in [0.1, 0.15) is 44.6 Å². The van der Waals surface area contributed by atoms with E-state index in [1.165, 1.54) is 0 Å². The van der Waals surface area contributed by atoms with Gasteiger partial charge in [0.25, 0.3) is 0 Å². The van der Waals surface area contributed by atoms with E-state index < -0.39 is 5.92 Å². The molecule has 0 aromatic heterocycles. The molecule has 3 nitrogen and oxygen atoms in total. The van der Waals surface area contributed by atoms with Crippen LogP contribution >= 0.6 is 0 Å². The number of hydrogen-bond donors (Lipinski definition) is 0. The maximum Gasteiger partial charge on any atom is 0.316 e. The summed E-state index contributed by atoms with van der Waals surface area (Å²) in [5.74, 6) is 0.291. The molecule has 0 radical (unpaired) electrons. The molecule has 2 unspecified atom stereocenters. The average molecular weight is 367 g/mol. The van der Waals surface area contributed by atoms with Crippen LogP contribution in [-0.4, -0.2) is 18.4 Å². The van der Waals surface area contributed by atoms with Crippen LogP contribution in [0, 0.1) is 23.7 Å². The van der Waals surface area contributed by atoms with Crippen molar-refractivity contribution in [1.29, 1.82) is 0 Å². The second-order valence-electron chi connectivity index (χ2n) is 7.72. The van der Waals surface area contributed by atoms with Crippen LogP contribution in [0.5, 0.6) is 0 Å². The number of benzene rings is 1. The lowest BCUT2D eigenvalue weighted by atomic mass is 9.71. The van der Waals surface area contributed by atoms with Gasteiger partial charge in [0.05, 0.1) is 6.61 Å². The van der Waals surface area contributed by atoms with Crippen LogP contribution in [0.4, 0.5) is 0 Å². The highest BCUT2D eigenvalue weighted by molar-refractivity contribution is 6.00. The Morgan fingerprint density at radius 2 is 1.81 bits per heavy atom. The number of carbonyl (C=O) groups excluding carboxylic acids is 2. The summed E-state index contributed by atoms with van der Waals surface area (Å²) >= 11 is 0. The molecule has 0 spiro atoms. The molecule has 0 saturated heterocycles. The van der Waals surface area contributed by atoms with Gasteiger partial charge in [0.1, 0.15) is 5.92 Å². The van der Waals surface area contributed by atoms with E-state index in [2.05, 4.69) is 24.3 Å². The number of hydrogen-bond acceptors (Lipinski definition) is 3. The van der Waals surface area contributed by atoms with Gasteiger partial charge in [0, 0.05) is 5.92 Å². The summed E-state index contributed by atoms with van der Waals surface area (Å²) in [5, 5.41) is 0. The van der Waals surface area contributed by atoms with E-state index in [1.807, 2.05) is 30.3 Å². The molecule has 1 aromatic carbocycles. The molecule has 2 aliphatic rings. The smallest absolute Gasteiger partial charge is 0.316 e. The van der Waals surface area contributed by atoms with Gasteiger partial charge in [-0.05, 0) is 62.8 Å². The molecule has 0 amide bonds. The molecule has 0 N–H and O–H groups in total. The third-order valence-electron chi connectivity index (χ3n) is 5.99.